The summed E-state index contributed by atoms with van der Waals surface area (Å²) < 4.78 is 41.5. The van der Waals surface area contributed by atoms with Crippen LogP contribution in [0.1, 0.15) is 35.7 Å². The predicted molar refractivity (Wildman–Crippen MR) is 113 cm³/mol. The van der Waals surface area contributed by atoms with Gasteiger partial charge in [0, 0.05) is 24.5 Å². The highest BCUT2D eigenvalue weighted by Crippen LogP contribution is 2.37. The average molecular weight is 467 g/mol. The summed E-state index contributed by atoms with van der Waals surface area (Å²) in [5, 5.41) is 6.39. The van der Waals surface area contributed by atoms with E-state index < -0.39 is 24.2 Å². The summed E-state index contributed by atoms with van der Waals surface area (Å²) in [6.07, 6.45) is -1.54. The van der Waals surface area contributed by atoms with Crippen molar-refractivity contribution in [3.63, 3.8) is 0 Å². The molecular weight excluding hydrogens is 445 g/mol. The van der Waals surface area contributed by atoms with Crippen molar-refractivity contribution in [2.45, 2.75) is 50.0 Å². The number of hydrogen-bond acceptors (Lipinski definition) is 4. The molecule has 3 atom stereocenters. The van der Waals surface area contributed by atoms with E-state index in [0.717, 1.165) is 25.5 Å². The Morgan fingerprint density at radius 3 is 2.62 bits per heavy atom. The first kappa shape index (κ1) is 22.4. The van der Waals surface area contributed by atoms with Crippen molar-refractivity contribution in [2.24, 2.45) is 0 Å². The number of amides is 2. The largest absolute Gasteiger partial charge is 0.414 e. The standard InChI is InChI=1S/C22H22ClF3N4O2/c1-30(21(32)18-6-7-19(31)29-18)20(22(24,25)26)17-5-4-15(11-27-17)28-16-9-12-2-3-14(23)8-13(12)10-16/h2-5,8,11,16,18,20,28H,6-7,9-10H2,1H3,(H,29,31)/t16-,18-,20?/m0/s1. The zero-order chi connectivity index (χ0) is 23.0. The Kier molecular flexibility index (Phi) is 6.03. The Morgan fingerprint density at radius 1 is 1.25 bits per heavy atom. The van der Waals surface area contributed by atoms with Crippen LogP contribution in [0.15, 0.2) is 36.5 Å². The number of fused-ring (bicyclic) bond motifs is 1. The Hall–Kier alpha value is -2.81. The smallest absolute Gasteiger partial charge is 0.380 e. The highest BCUT2D eigenvalue weighted by molar-refractivity contribution is 6.30. The molecule has 2 heterocycles. The summed E-state index contributed by atoms with van der Waals surface area (Å²) in [4.78, 5) is 28.5. The highest BCUT2D eigenvalue weighted by atomic mass is 35.5. The fourth-order valence-electron chi connectivity index (χ4n) is 4.33. The van der Waals surface area contributed by atoms with Crippen molar-refractivity contribution in [3.05, 3.63) is 58.4 Å². The van der Waals surface area contributed by atoms with Crippen molar-refractivity contribution in [1.82, 2.24) is 15.2 Å². The predicted octanol–water partition coefficient (Wildman–Crippen LogP) is 3.65. The zero-order valence-corrected chi connectivity index (χ0v) is 18.0. The number of nitrogens with one attached hydrogen (secondary N) is 2. The van der Waals surface area contributed by atoms with Gasteiger partial charge < -0.3 is 15.5 Å². The fourth-order valence-corrected chi connectivity index (χ4v) is 4.53. The maximum atomic E-state index is 13.8. The first-order valence-corrected chi connectivity index (χ1v) is 10.6. The van der Waals surface area contributed by atoms with Gasteiger partial charge in [0.05, 0.1) is 17.6 Å². The number of rotatable bonds is 5. The van der Waals surface area contributed by atoms with Gasteiger partial charge in [-0.25, -0.2) is 0 Å². The van der Waals surface area contributed by atoms with E-state index >= 15 is 0 Å². The van der Waals surface area contributed by atoms with Crippen molar-refractivity contribution in [3.8, 4) is 0 Å². The summed E-state index contributed by atoms with van der Waals surface area (Å²) in [6, 6.07) is 5.48. The van der Waals surface area contributed by atoms with Crippen LogP contribution in [0, 0.1) is 0 Å². The Morgan fingerprint density at radius 2 is 2.00 bits per heavy atom. The topological polar surface area (TPSA) is 74.3 Å². The minimum Gasteiger partial charge on any atom is -0.380 e. The number of halogens is 4. The molecule has 0 spiro atoms. The molecule has 170 valence electrons. The Bertz CT molecular complexity index is 1030. The fraction of sp³-hybridized carbons (Fsp3) is 0.409. The Labute approximate surface area is 188 Å². The molecule has 2 aromatic rings. The molecule has 1 aromatic heterocycles. The van der Waals surface area contributed by atoms with Crippen LogP contribution in [-0.2, 0) is 22.4 Å². The van der Waals surface area contributed by atoms with Gasteiger partial charge in [-0.15, -0.1) is 0 Å². The molecule has 1 saturated heterocycles. The van der Waals surface area contributed by atoms with Gasteiger partial charge in [-0.2, -0.15) is 13.2 Å². The van der Waals surface area contributed by atoms with Crippen LogP contribution in [0.25, 0.3) is 0 Å². The van der Waals surface area contributed by atoms with E-state index in [0.29, 0.717) is 15.6 Å². The number of benzene rings is 1. The van der Waals surface area contributed by atoms with E-state index in [-0.39, 0.29) is 30.5 Å². The van der Waals surface area contributed by atoms with E-state index in [2.05, 4.69) is 15.6 Å². The molecule has 1 fully saturated rings. The lowest BCUT2D eigenvalue weighted by Gasteiger charge is -2.31. The normalized spacial score (nSPS) is 21.1. The van der Waals surface area contributed by atoms with Crippen LogP contribution in [-0.4, -0.2) is 47.0 Å². The molecular formula is C22H22ClF3N4O2. The molecule has 32 heavy (non-hydrogen) atoms. The molecule has 2 aliphatic rings. The van der Waals surface area contributed by atoms with Gasteiger partial charge >= 0.3 is 6.18 Å². The zero-order valence-electron chi connectivity index (χ0n) is 17.2. The molecule has 4 rings (SSSR count). The number of alkyl halides is 3. The number of anilines is 1. The van der Waals surface area contributed by atoms with Gasteiger partial charge in [0.1, 0.15) is 6.04 Å². The summed E-state index contributed by atoms with van der Waals surface area (Å²) in [7, 11) is 1.08. The molecule has 2 amide bonds. The van der Waals surface area contributed by atoms with Crippen LogP contribution in [0.3, 0.4) is 0 Å². The lowest BCUT2D eigenvalue weighted by Crippen LogP contribution is -2.47. The second-order valence-corrected chi connectivity index (χ2v) is 8.62. The number of carbonyl (C=O) groups excluding carboxylic acids is 2. The van der Waals surface area contributed by atoms with Crippen molar-refractivity contribution < 1.29 is 22.8 Å². The third-order valence-corrected chi connectivity index (χ3v) is 6.11. The van der Waals surface area contributed by atoms with Gasteiger partial charge in [0.25, 0.3) is 0 Å². The quantitative estimate of drug-likeness (QED) is 0.705. The van der Waals surface area contributed by atoms with E-state index in [1.54, 1.807) is 0 Å². The summed E-state index contributed by atoms with van der Waals surface area (Å²) in [6.45, 7) is 0. The van der Waals surface area contributed by atoms with Gasteiger partial charge in [0.15, 0.2) is 6.04 Å². The molecule has 6 nitrogen and oxygen atoms in total. The van der Waals surface area contributed by atoms with Crippen LogP contribution in [0.4, 0.5) is 18.9 Å². The molecule has 0 saturated carbocycles. The van der Waals surface area contributed by atoms with Crippen LogP contribution < -0.4 is 10.6 Å². The maximum absolute atomic E-state index is 13.8. The molecule has 0 bridgehead atoms. The molecule has 0 radical (unpaired) electrons. The van der Waals surface area contributed by atoms with Gasteiger partial charge in [-0.1, -0.05) is 17.7 Å². The van der Waals surface area contributed by atoms with Gasteiger partial charge in [-0.05, 0) is 54.7 Å². The van der Waals surface area contributed by atoms with Crippen molar-refractivity contribution >= 4 is 29.1 Å². The average Bonchev–Trinajstić information content (AvgIpc) is 3.33. The number of aromatic nitrogens is 1. The van der Waals surface area contributed by atoms with Crippen LogP contribution in [0.2, 0.25) is 5.02 Å². The molecule has 1 unspecified atom stereocenters. The first-order chi connectivity index (χ1) is 15.1. The number of hydrogen-bond donors (Lipinski definition) is 2. The SMILES string of the molecule is CN(C(=O)[C@@H]1CCC(=O)N1)C(c1ccc(N[C@H]2Cc3ccc(Cl)cc3C2)cn1)C(F)(F)F. The van der Waals surface area contributed by atoms with E-state index in [9.17, 15) is 22.8 Å². The molecule has 2 N–H and O–H groups in total. The molecule has 10 heteroatoms. The lowest BCUT2D eigenvalue weighted by molar-refractivity contribution is -0.190. The monoisotopic (exact) mass is 466 g/mol. The highest BCUT2D eigenvalue weighted by Gasteiger charge is 2.47. The summed E-state index contributed by atoms with van der Waals surface area (Å²) in [5.74, 6) is -1.13. The van der Waals surface area contributed by atoms with Crippen LogP contribution >= 0.6 is 11.6 Å². The number of likely N-dealkylation sites (N-methyl/N-ethyl adjacent to an activating group) is 1. The third kappa shape index (κ3) is 4.67. The molecule has 1 aromatic carbocycles. The molecule has 1 aliphatic carbocycles. The number of pyridine rings is 1. The second kappa shape index (κ2) is 8.61. The second-order valence-electron chi connectivity index (χ2n) is 8.19. The first-order valence-electron chi connectivity index (χ1n) is 10.2. The van der Waals surface area contributed by atoms with E-state index in [1.165, 1.54) is 23.9 Å². The summed E-state index contributed by atoms with van der Waals surface area (Å²) >= 11 is 6.04. The minimum absolute atomic E-state index is 0.0877. The third-order valence-electron chi connectivity index (χ3n) is 5.88. The molecule has 1 aliphatic heterocycles. The lowest BCUT2D eigenvalue weighted by atomic mass is 10.1. The number of nitrogens with zero attached hydrogens (tertiary/aromatic N) is 2. The van der Waals surface area contributed by atoms with Crippen LogP contribution in [0.5, 0.6) is 0 Å². The summed E-state index contributed by atoms with van der Waals surface area (Å²) in [5.41, 5.74) is 2.64. The van der Waals surface area contributed by atoms with E-state index in [4.69, 9.17) is 11.6 Å². The number of carbonyl (C=O) groups is 2. The van der Waals surface area contributed by atoms with Crippen molar-refractivity contribution in [1.29, 1.82) is 0 Å². The van der Waals surface area contributed by atoms with E-state index in [1.807, 2.05) is 18.2 Å². The van der Waals surface area contributed by atoms with Crippen molar-refractivity contribution in [2.75, 3.05) is 12.4 Å². The van der Waals surface area contributed by atoms with Gasteiger partial charge in [-0.3, -0.25) is 14.6 Å². The van der Waals surface area contributed by atoms with Gasteiger partial charge in [0.2, 0.25) is 11.8 Å². The Balaban J connectivity index is 1.47. The maximum Gasteiger partial charge on any atom is 0.414 e. The minimum atomic E-state index is -4.72.